The molecule has 8 aromatic carbocycles. The van der Waals surface area contributed by atoms with Crippen molar-refractivity contribution in [1.29, 1.82) is 0 Å². The molecule has 0 saturated heterocycles. The highest BCUT2D eigenvalue weighted by Crippen LogP contribution is 2.44. The van der Waals surface area contributed by atoms with E-state index in [1.807, 2.05) is 6.07 Å². The van der Waals surface area contributed by atoms with E-state index < -0.39 is 0 Å². The molecule has 0 amide bonds. The maximum Gasteiger partial charge on any atom is 0.143 e. The average Bonchev–Trinajstić information content (AvgIpc) is 3.51. The van der Waals surface area contributed by atoms with Gasteiger partial charge in [0.1, 0.15) is 11.2 Å². The Labute approximate surface area is 258 Å². The van der Waals surface area contributed by atoms with Crippen LogP contribution in [0.25, 0.3) is 98.3 Å². The van der Waals surface area contributed by atoms with E-state index in [0.717, 1.165) is 60.6 Å². The van der Waals surface area contributed by atoms with Gasteiger partial charge in [0.05, 0.1) is 11.2 Å². The quantitative estimate of drug-likeness (QED) is 0.193. The van der Waals surface area contributed by atoms with Crippen LogP contribution in [-0.4, -0.2) is 4.98 Å². The summed E-state index contributed by atoms with van der Waals surface area (Å²) in [6.07, 6.45) is 0. The van der Waals surface area contributed by atoms with Crippen LogP contribution >= 0.6 is 0 Å². The highest BCUT2D eigenvalue weighted by molar-refractivity contribution is 6.29. The van der Waals surface area contributed by atoms with Gasteiger partial charge in [0.2, 0.25) is 0 Å². The van der Waals surface area contributed by atoms with Crippen LogP contribution < -0.4 is 0 Å². The lowest BCUT2D eigenvalue weighted by atomic mass is 9.91. The van der Waals surface area contributed by atoms with E-state index in [1.165, 1.54) is 37.7 Å². The first-order valence-corrected chi connectivity index (χ1v) is 15.4. The summed E-state index contributed by atoms with van der Waals surface area (Å²) in [5, 5.41) is 13.3. The second-order valence-electron chi connectivity index (χ2n) is 11.8. The predicted octanol–water partition coefficient (Wildman–Crippen LogP) is 12.1. The molecule has 0 saturated carbocycles. The first kappa shape index (κ1) is 24.5. The van der Waals surface area contributed by atoms with Crippen LogP contribution in [0.3, 0.4) is 0 Å². The van der Waals surface area contributed by atoms with Crippen LogP contribution in [-0.2, 0) is 0 Å². The van der Waals surface area contributed by atoms with Crippen molar-refractivity contribution < 1.29 is 4.42 Å². The van der Waals surface area contributed by atoms with Crippen molar-refractivity contribution in [3.63, 3.8) is 0 Å². The van der Waals surface area contributed by atoms with Crippen LogP contribution in [0.5, 0.6) is 0 Å². The van der Waals surface area contributed by atoms with E-state index in [1.54, 1.807) is 0 Å². The van der Waals surface area contributed by atoms with E-state index in [9.17, 15) is 0 Å². The van der Waals surface area contributed by atoms with Crippen LogP contribution in [0.4, 0.5) is 0 Å². The summed E-state index contributed by atoms with van der Waals surface area (Å²) in [7, 11) is 0. The fraction of sp³-hybridized carbons (Fsp3) is 0. The molecule has 2 aromatic heterocycles. The Morgan fingerprint density at radius 1 is 0.378 bits per heavy atom. The summed E-state index contributed by atoms with van der Waals surface area (Å²) in [4.78, 5) is 5.15. The number of benzene rings is 8. The van der Waals surface area contributed by atoms with Crippen molar-refractivity contribution in [3.05, 3.63) is 152 Å². The van der Waals surface area contributed by atoms with Crippen molar-refractivity contribution in [2.75, 3.05) is 0 Å². The molecule has 2 heteroatoms. The van der Waals surface area contributed by atoms with Crippen molar-refractivity contribution in [2.24, 2.45) is 0 Å². The number of hydrogen-bond acceptors (Lipinski definition) is 2. The molecule has 0 aliphatic rings. The number of nitrogens with zero attached hydrogens (tertiary/aromatic N) is 1. The molecule has 10 rings (SSSR count). The van der Waals surface area contributed by atoms with Crippen molar-refractivity contribution in [2.45, 2.75) is 0 Å². The molecule has 2 heterocycles. The van der Waals surface area contributed by atoms with E-state index >= 15 is 0 Å². The number of rotatable bonds is 2. The third kappa shape index (κ3) is 3.48. The molecule has 208 valence electrons. The normalized spacial score (nSPS) is 12.0. The largest absolute Gasteiger partial charge is 0.455 e. The molecule has 0 unspecified atom stereocenters. The Morgan fingerprint density at radius 2 is 0.978 bits per heavy atom. The minimum Gasteiger partial charge on any atom is -0.455 e. The lowest BCUT2D eigenvalue weighted by Crippen LogP contribution is -1.90. The van der Waals surface area contributed by atoms with Crippen LogP contribution in [0.1, 0.15) is 0 Å². The number of fused-ring (bicyclic) bond motifs is 13. The summed E-state index contributed by atoms with van der Waals surface area (Å²) in [5.41, 5.74) is 7.12. The lowest BCUT2D eigenvalue weighted by Gasteiger charge is -2.12. The molecule has 0 radical (unpaired) electrons. The molecule has 0 aliphatic carbocycles. The van der Waals surface area contributed by atoms with Crippen LogP contribution in [0.15, 0.2) is 156 Å². The van der Waals surface area contributed by atoms with Gasteiger partial charge >= 0.3 is 0 Å². The molecule has 0 atom stereocenters. The molecule has 0 bridgehead atoms. The number of pyridine rings is 1. The highest BCUT2D eigenvalue weighted by Gasteiger charge is 2.19. The SMILES string of the molecule is c1ccc(-c2nc3ccccc3c3c2ccc2oc4c(-c5ccc6c7ccccc7c7ccccc7c6c5)cccc4c23)cc1. The van der Waals surface area contributed by atoms with Gasteiger partial charge in [0, 0.05) is 38.1 Å². The molecule has 45 heavy (non-hydrogen) atoms. The zero-order valence-electron chi connectivity index (χ0n) is 24.3. The monoisotopic (exact) mass is 571 g/mol. The Bertz CT molecular complexity index is 2770. The van der Waals surface area contributed by atoms with E-state index in [-0.39, 0.29) is 0 Å². The molecule has 0 spiro atoms. The first-order valence-electron chi connectivity index (χ1n) is 15.4. The van der Waals surface area contributed by atoms with Crippen LogP contribution in [0, 0.1) is 0 Å². The van der Waals surface area contributed by atoms with Crippen molar-refractivity contribution in [3.8, 4) is 22.4 Å². The lowest BCUT2D eigenvalue weighted by molar-refractivity contribution is 0.670. The summed E-state index contributed by atoms with van der Waals surface area (Å²) >= 11 is 0. The van der Waals surface area contributed by atoms with E-state index in [2.05, 4.69) is 146 Å². The number of para-hydroxylation sites is 2. The number of furan rings is 1. The van der Waals surface area contributed by atoms with Crippen molar-refractivity contribution >= 4 is 75.9 Å². The molecule has 10 aromatic rings. The molecule has 0 N–H and O–H groups in total. The topological polar surface area (TPSA) is 26.0 Å². The number of aromatic nitrogens is 1. The van der Waals surface area contributed by atoms with Crippen LogP contribution in [0.2, 0.25) is 0 Å². The third-order valence-corrected chi connectivity index (χ3v) is 9.43. The minimum absolute atomic E-state index is 0.887. The second-order valence-corrected chi connectivity index (χ2v) is 11.8. The number of hydrogen-bond donors (Lipinski definition) is 0. The fourth-order valence-corrected chi connectivity index (χ4v) is 7.45. The third-order valence-electron chi connectivity index (χ3n) is 9.43. The van der Waals surface area contributed by atoms with E-state index in [4.69, 9.17) is 9.40 Å². The maximum atomic E-state index is 6.79. The summed E-state index contributed by atoms with van der Waals surface area (Å²) in [6.45, 7) is 0. The van der Waals surface area contributed by atoms with E-state index in [0.29, 0.717) is 0 Å². The van der Waals surface area contributed by atoms with Gasteiger partial charge in [0.15, 0.2) is 0 Å². The molecule has 2 nitrogen and oxygen atoms in total. The zero-order chi connectivity index (χ0) is 29.5. The summed E-state index contributed by atoms with van der Waals surface area (Å²) in [5.74, 6) is 0. The summed E-state index contributed by atoms with van der Waals surface area (Å²) in [6, 6.07) is 54.1. The van der Waals surface area contributed by atoms with Gasteiger partial charge in [-0.25, -0.2) is 4.98 Å². The molecular formula is C43H25NO. The Kier molecular flexibility index (Phi) is 5.03. The maximum absolute atomic E-state index is 6.79. The van der Waals surface area contributed by atoms with Gasteiger partial charge in [-0.05, 0) is 62.1 Å². The van der Waals surface area contributed by atoms with Gasteiger partial charge in [0.25, 0.3) is 0 Å². The minimum atomic E-state index is 0.887. The fourth-order valence-electron chi connectivity index (χ4n) is 7.45. The van der Waals surface area contributed by atoms with Gasteiger partial charge in [-0.2, -0.15) is 0 Å². The smallest absolute Gasteiger partial charge is 0.143 e. The van der Waals surface area contributed by atoms with Gasteiger partial charge < -0.3 is 4.42 Å². The zero-order valence-corrected chi connectivity index (χ0v) is 24.3. The highest BCUT2D eigenvalue weighted by atomic mass is 16.3. The molecular weight excluding hydrogens is 546 g/mol. The summed E-state index contributed by atoms with van der Waals surface area (Å²) < 4.78 is 6.79. The Balaban J connectivity index is 1.30. The van der Waals surface area contributed by atoms with Gasteiger partial charge in [-0.3, -0.25) is 0 Å². The second kappa shape index (κ2) is 9.25. The molecule has 0 fully saturated rings. The average molecular weight is 572 g/mol. The van der Waals surface area contributed by atoms with Crippen molar-refractivity contribution in [1.82, 2.24) is 4.98 Å². The van der Waals surface area contributed by atoms with Gasteiger partial charge in [-0.1, -0.05) is 127 Å². The van der Waals surface area contributed by atoms with Gasteiger partial charge in [-0.15, -0.1) is 0 Å². The first-order chi connectivity index (χ1) is 22.3. The predicted molar refractivity (Wildman–Crippen MR) is 190 cm³/mol. The standard InChI is InChI=1S/C43H25NO/c1-2-11-26(12-3-1)42-35-23-24-39-41(40(35)34-17-8-9-20-38(34)44-42)36-19-10-18-28(43(36)45-39)27-21-22-33-31-15-5-4-13-29(31)30-14-6-7-16-32(30)37(33)25-27/h1-25H. The molecule has 0 aliphatic heterocycles. The Morgan fingerprint density at radius 3 is 1.73 bits per heavy atom. The Hall–Kier alpha value is -5.99.